The van der Waals surface area contributed by atoms with Crippen molar-refractivity contribution < 1.29 is 14.9 Å². The van der Waals surface area contributed by atoms with E-state index >= 15 is 0 Å². The van der Waals surface area contributed by atoms with Crippen molar-refractivity contribution >= 4 is 36.7 Å². The number of fused-ring (bicyclic) bond motifs is 1. The van der Waals surface area contributed by atoms with E-state index in [0.717, 1.165) is 13.0 Å². The van der Waals surface area contributed by atoms with Gasteiger partial charge < -0.3 is 20.3 Å². The molecule has 0 bridgehead atoms. The number of aliphatic hydroxyl groups excluding tert-OH is 2. The Labute approximate surface area is 158 Å². The summed E-state index contributed by atoms with van der Waals surface area (Å²) in [5.41, 5.74) is 1.17. The first-order valence-corrected chi connectivity index (χ1v) is 13.0. The summed E-state index contributed by atoms with van der Waals surface area (Å²) in [6, 6.07) is 1.23. The van der Waals surface area contributed by atoms with Gasteiger partial charge in [-0.25, -0.2) is 4.98 Å². The molecule has 2 aromatic heterocycles. The van der Waals surface area contributed by atoms with Gasteiger partial charge in [-0.1, -0.05) is 25.7 Å². The van der Waals surface area contributed by atoms with Crippen molar-refractivity contribution in [2.24, 2.45) is 0 Å². The summed E-state index contributed by atoms with van der Waals surface area (Å²) in [7, 11) is -1.07. The van der Waals surface area contributed by atoms with Crippen LogP contribution in [0.1, 0.15) is 19.1 Å². The van der Waals surface area contributed by atoms with E-state index in [4.69, 9.17) is 16.3 Å². The summed E-state index contributed by atoms with van der Waals surface area (Å²) in [6.07, 6.45) is 1.26. The fourth-order valence-electron chi connectivity index (χ4n) is 3.10. The Kier molecular flexibility index (Phi) is 5.83. The molecule has 0 saturated carbocycles. The van der Waals surface area contributed by atoms with E-state index in [-0.39, 0.29) is 11.9 Å². The molecule has 0 unspecified atom stereocenters. The molecule has 1 aliphatic heterocycles. The van der Waals surface area contributed by atoms with Crippen molar-refractivity contribution in [1.29, 1.82) is 0 Å². The first-order chi connectivity index (χ1) is 12.3. The molecule has 10 heteroatoms. The number of aromatic nitrogens is 4. The van der Waals surface area contributed by atoms with Crippen molar-refractivity contribution in [2.75, 3.05) is 18.5 Å². The fourth-order valence-corrected chi connectivity index (χ4v) is 4.50. The zero-order chi connectivity index (χ0) is 18.9. The SMILES string of the molecule is C[Si](C)(C)CCCNc1nc(Cl)nc2c1ncn2[C@H]1C[C@H](O)[C@@H](CO)O1. The largest absolute Gasteiger partial charge is 0.394 e. The predicted octanol–water partition coefficient (Wildman–Crippen LogP) is 2.26. The molecule has 1 aliphatic rings. The highest BCUT2D eigenvalue weighted by Crippen LogP contribution is 2.32. The second kappa shape index (κ2) is 7.77. The number of anilines is 1. The highest BCUT2D eigenvalue weighted by Gasteiger charge is 2.35. The van der Waals surface area contributed by atoms with Crippen LogP contribution in [0.2, 0.25) is 31.0 Å². The number of rotatable bonds is 7. The molecule has 3 heterocycles. The standard InChI is InChI=1S/C16H26ClN5O3Si/c1-26(2,3)6-4-5-18-14-13-15(21-16(17)20-14)22(9-19-13)12-7-10(24)11(8-23)25-12/h9-12,23-24H,4-8H2,1-3H3,(H,18,20,21)/t10-,11+,12+/m0/s1. The number of hydrogen-bond acceptors (Lipinski definition) is 7. The van der Waals surface area contributed by atoms with Crippen LogP contribution in [0.5, 0.6) is 0 Å². The number of hydrogen-bond donors (Lipinski definition) is 3. The Hall–Kier alpha value is -1.26. The van der Waals surface area contributed by atoms with E-state index in [1.165, 1.54) is 6.04 Å². The third-order valence-corrected chi connectivity index (χ3v) is 6.51. The van der Waals surface area contributed by atoms with Crippen molar-refractivity contribution in [3.8, 4) is 0 Å². The molecule has 0 amide bonds. The molecule has 144 valence electrons. The van der Waals surface area contributed by atoms with Crippen LogP contribution in [-0.4, -0.2) is 63.2 Å². The lowest BCUT2D eigenvalue weighted by Gasteiger charge is -2.16. The molecular weight excluding hydrogens is 374 g/mol. The minimum absolute atomic E-state index is 0.129. The van der Waals surface area contributed by atoms with Gasteiger partial charge in [-0.05, 0) is 18.0 Å². The lowest BCUT2D eigenvalue weighted by Crippen LogP contribution is -2.24. The monoisotopic (exact) mass is 399 g/mol. The second-order valence-corrected chi connectivity index (χ2v) is 13.8. The van der Waals surface area contributed by atoms with E-state index < -0.39 is 26.5 Å². The first kappa shape index (κ1) is 19.5. The lowest BCUT2D eigenvalue weighted by atomic mass is 10.2. The molecule has 0 aliphatic carbocycles. The van der Waals surface area contributed by atoms with E-state index in [1.54, 1.807) is 10.9 Å². The summed E-state index contributed by atoms with van der Waals surface area (Å²) >= 11 is 6.10. The van der Waals surface area contributed by atoms with E-state index in [2.05, 4.69) is 39.9 Å². The van der Waals surface area contributed by atoms with Crippen LogP contribution in [0.25, 0.3) is 11.2 Å². The minimum Gasteiger partial charge on any atom is -0.394 e. The zero-order valence-corrected chi connectivity index (χ0v) is 17.1. The van der Waals surface area contributed by atoms with E-state index in [0.29, 0.717) is 23.4 Å². The molecule has 3 atom stereocenters. The van der Waals surface area contributed by atoms with Crippen molar-refractivity contribution in [3.63, 3.8) is 0 Å². The van der Waals surface area contributed by atoms with Crippen molar-refractivity contribution in [2.45, 2.75) is 57.0 Å². The summed E-state index contributed by atoms with van der Waals surface area (Å²) < 4.78 is 7.43. The first-order valence-electron chi connectivity index (χ1n) is 8.87. The van der Waals surface area contributed by atoms with Gasteiger partial charge in [-0.2, -0.15) is 9.97 Å². The van der Waals surface area contributed by atoms with Gasteiger partial charge in [-0.15, -0.1) is 0 Å². The Morgan fingerprint density at radius 1 is 1.38 bits per heavy atom. The Morgan fingerprint density at radius 3 is 2.81 bits per heavy atom. The molecule has 3 N–H and O–H groups in total. The molecule has 0 radical (unpaired) electrons. The molecule has 3 rings (SSSR count). The number of ether oxygens (including phenoxy) is 1. The molecule has 1 saturated heterocycles. The number of halogens is 1. The van der Waals surface area contributed by atoms with Crippen molar-refractivity contribution in [3.05, 3.63) is 11.6 Å². The van der Waals surface area contributed by atoms with Gasteiger partial charge in [0.1, 0.15) is 12.3 Å². The quantitative estimate of drug-likeness (QED) is 0.372. The average molecular weight is 400 g/mol. The van der Waals surface area contributed by atoms with Crippen LogP contribution in [0.15, 0.2) is 6.33 Å². The third kappa shape index (κ3) is 4.34. The molecular formula is C16H26ClN5O3Si. The number of imidazole rings is 1. The highest BCUT2D eigenvalue weighted by molar-refractivity contribution is 6.76. The van der Waals surface area contributed by atoms with Gasteiger partial charge in [0.15, 0.2) is 17.0 Å². The third-order valence-electron chi connectivity index (χ3n) is 4.48. The molecule has 8 nitrogen and oxygen atoms in total. The van der Waals surface area contributed by atoms with E-state index in [9.17, 15) is 10.2 Å². The predicted molar refractivity (Wildman–Crippen MR) is 103 cm³/mol. The normalized spacial score (nSPS) is 23.7. The summed E-state index contributed by atoms with van der Waals surface area (Å²) in [4.78, 5) is 13.0. The van der Waals surface area contributed by atoms with Gasteiger partial charge in [0.25, 0.3) is 0 Å². The minimum atomic E-state index is -1.07. The maximum absolute atomic E-state index is 9.96. The van der Waals surface area contributed by atoms with Gasteiger partial charge in [0, 0.05) is 21.0 Å². The molecule has 0 spiro atoms. The van der Waals surface area contributed by atoms with Crippen molar-refractivity contribution in [1.82, 2.24) is 19.5 Å². The Morgan fingerprint density at radius 2 is 2.15 bits per heavy atom. The van der Waals surface area contributed by atoms with Crippen LogP contribution in [0.3, 0.4) is 0 Å². The Bertz CT molecular complexity index is 766. The summed E-state index contributed by atoms with van der Waals surface area (Å²) in [6.45, 7) is 7.62. The highest BCUT2D eigenvalue weighted by atomic mass is 35.5. The van der Waals surface area contributed by atoms with Gasteiger partial charge in [-0.3, -0.25) is 4.57 Å². The number of nitrogens with zero attached hydrogens (tertiary/aromatic N) is 4. The van der Waals surface area contributed by atoms with Crippen LogP contribution >= 0.6 is 11.6 Å². The summed E-state index contributed by atoms with van der Waals surface area (Å²) in [5, 5.41) is 22.7. The maximum atomic E-state index is 9.96. The van der Waals surface area contributed by atoms with Gasteiger partial charge >= 0.3 is 0 Å². The number of aliphatic hydroxyl groups is 2. The fraction of sp³-hybridized carbons (Fsp3) is 0.688. The molecule has 26 heavy (non-hydrogen) atoms. The van der Waals surface area contributed by atoms with E-state index in [1.807, 2.05) is 0 Å². The maximum Gasteiger partial charge on any atom is 0.226 e. The second-order valence-electron chi connectivity index (χ2n) is 7.87. The molecule has 2 aromatic rings. The number of nitrogens with one attached hydrogen (secondary N) is 1. The van der Waals surface area contributed by atoms with Crippen LogP contribution < -0.4 is 5.32 Å². The molecule has 0 aromatic carbocycles. The topological polar surface area (TPSA) is 105 Å². The Balaban J connectivity index is 1.78. The lowest BCUT2D eigenvalue weighted by molar-refractivity contribution is -0.0432. The summed E-state index contributed by atoms with van der Waals surface area (Å²) in [5.74, 6) is 0.603. The van der Waals surface area contributed by atoms with Gasteiger partial charge in [0.2, 0.25) is 5.28 Å². The van der Waals surface area contributed by atoms with Crippen LogP contribution in [0.4, 0.5) is 5.82 Å². The zero-order valence-electron chi connectivity index (χ0n) is 15.3. The van der Waals surface area contributed by atoms with Crippen LogP contribution in [-0.2, 0) is 4.74 Å². The molecule has 1 fully saturated rings. The smallest absolute Gasteiger partial charge is 0.226 e. The van der Waals surface area contributed by atoms with Crippen LogP contribution in [0, 0.1) is 0 Å². The van der Waals surface area contributed by atoms with Gasteiger partial charge in [0.05, 0.1) is 19.0 Å². The average Bonchev–Trinajstić information content (AvgIpc) is 3.13.